The second kappa shape index (κ2) is 7.93. The second-order valence-corrected chi connectivity index (χ2v) is 8.96. The van der Waals surface area contributed by atoms with Crippen molar-refractivity contribution in [2.45, 2.75) is 32.7 Å². The zero-order valence-electron chi connectivity index (χ0n) is 17.4. The van der Waals surface area contributed by atoms with Crippen molar-refractivity contribution in [3.8, 4) is 17.6 Å². The monoisotopic (exact) mass is 469 g/mol. The van der Waals surface area contributed by atoms with Crippen LogP contribution in [0.2, 0.25) is 10.0 Å². The van der Waals surface area contributed by atoms with E-state index in [2.05, 4.69) is 30.9 Å². The number of amides is 1. The van der Waals surface area contributed by atoms with Crippen LogP contribution in [-0.2, 0) is 15.1 Å². The Balaban J connectivity index is 1.69. The number of anilines is 1. The smallest absolute Gasteiger partial charge is 0.255 e. The zero-order chi connectivity index (χ0) is 23.2. The van der Waals surface area contributed by atoms with E-state index < -0.39 is 18.1 Å². The van der Waals surface area contributed by atoms with Crippen LogP contribution in [0.15, 0.2) is 41.8 Å². The number of nitrogens with zero attached hydrogens (tertiary/aromatic N) is 5. The highest BCUT2D eigenvalue weighted by Gasteiger charge is 2.29. The average molecular weight is 470 g/mol. The van der Waals surface area contributed by atoms with Crippen LogP contribution in [0.4, 0.5) is 5.69 Å². The highest BCUT2D eigenvalue weighted by Crippen LogP contribution is 2.41. The lowest BCUT2D eigenvalue weighted by atomic mass is 10.1. The SMILES string of the molecule is CC(C)(C)n1cnc2ccc(Oc3c(Cl)cc(N4N=C(C#N)C(=O)CC4=O)cc3Cl)cc21. The van der Waals surface area contributed by atoms with Crippen LogP contribution in [0.25, 0.3) is 11.0 Å². The first-order valence-corrected chi connectivity index (χ1v) is 10.3. The van der Waals surface area contributed by atoms with Crippen molar-refractivity contribution in [2.24, 2.45) is 5.10 Å². The topological polar surface area (TPSA) is 101 Å². The van der Waals surface area contributed by atoms with Gasteiger partial charge in [0, 0.05) is 11.6 Å². The minimum absolute atomic E-state index is 0.135. The number of ether oxygens (including phenoxy) is 1. The molecule has 2 heterocycles. The quantitative estimate of drug-likeness (QED) is 0.498. The van der Waals surface area contributed by atoms with Crippen molar-refractivity contribution >= 4 is 57.3 Å². The van der Waals surface area contributed by atoms with Crippen LogP contribution < -0.4 is 9.75 Å². The van der Waals surface area contributed by atoms with Gasteiger partial charge in [0.2, 0.25) is 11.5 Å². The lowest BCUT2D eigenvalue weighted by Crippen LogP contribution is -2.36. The van der Waals surface area contributed by atoms with Crippen molar-refractivity contribution < 1.29 is 14.3 Å². The fourth-order valence-electron chi connectivity index (χ4n) is 3.26. The molecule has 1 aliphatic heterocycles. The second-order valence-electron chi connectivity index (χ2n) is 8.14. The predicted octanol–water partition coefficient (Wildman–Crippen LogP) is 5.08. The van der Waals surface area contributed by atoms with Crippen LogP contribution in [0.1, 0.15) is 27.2 Å². The molecule has 0 saturated carbocycles. The fourth-order valence-corrected chi connectivity index (χ4v) is 3.82. The molecule has 1 aromatic heterocycles. The van der Waals surface area contributed by atoms with Crippen molar-refractivity contribution in [3.05, 3.63) is 46.7 Å². The van der Waals surface area contributed by atoms with Gasteiger partial charge in [-0.2, -0.15) is 15.4 Å². The number of rotatable bonds is 3. The number of aromatic nitrogens is 2. The number of hydrogen-bond donors (Lipinski definition) is 0. The molecule has 0 saturated heterocycles. The van der Waals surface area contributed by atoms with Gasteiger partial charge in [0.25, 0.3) is 5.91 Å². The molecule has 162 valence electrons. The van der Waals surface area contributed by atoms with E-state index >= 15 is 0 Å². The Kier molecular flexibility index (Phi) is 5.41. The molecule has 0 aliphatic carbocycles. The highest BCUT2D eigenvalue weighted by atomic mass is 35.5. The van der Waals surface area contributed by atoms with Gasteiger partial charge in [0.15, 0.2) is 5.75 Å². The summed E-state index contributed by atoms with van der Waals surface area (Å²) >= 11 is 12.8. The van der Waals surface area contributed by atoms with Gasteiger partial charge >= 0.3 is 0 Å². The molecule has 32 heavy (non-hydrogen) atoms. The summed E-state index contributed by atoms with van der Waals surface area (Å²) in [5, 5.41) is 14.1. The van der Waals surface area contributed by atoms with Gasteiger partial charge in [-0.05, 0) is 45.0 Å². The Hall–Kier alpha value is -3.41. The largest absolute Gasteiger partial charge is 0.454 e. The molecule has 4 rings (SSSR count). The van der Waals surface area contributed by atoms with E-state index in [0.29, 0.717) is 5.75 Å². The summed E-state index contributed by atoms with van der Waals surface area (Å²) in [5.41, 5.74) is 1.40. The van der Waals surface area contributed by atoms with Gasteiger partial charge in [-0.1, -0.05) is 23.2 Å². The van der Waals surface area contributed by atoms with Gasteiger partial charge < -0.3 is 9.30 Å². The first-order chi connectivity index (χ1) is 15.1. The Labute approximate surface area is 193 Å². The first-order valence-electron chi connectivity index (χ1n) is 9.58. The molecular weight excluding hydrogens is 453 g/mol. The molecule has 0 fully saturated rings. The van der Waals surface area contributed by atoms with Crippen LogP contribution in [-0.4, -0.2) is 27.0 Å². The molecule has 0 atom stereocenters. The summed E-state index contributed by atoms with van der Waals surface area (Å²) in [7, 11) is 0. The molecule has 0 bridgehead atoms. The van der Waals surface area contributed by atoms with Crippen molar-refractivity contribution in [2.75, 3.05) is 5.01 Å². The number of ketones is 1. The molecule has 8 nitrogen and oxygen atoms in total. The van der Waals surface area contributed by atoms with E-state index in [1.165, 1.54) is 12.1 Å². The lowest BCUT2D eigenvalue weighted by molar-refractivity contribution is -0.124. The summed E-state index contributed by atoms with van der Waals surface area (Å²) < 4.78 is 8.00. The van der Waals surface area contributed by atoms with Gasteiger partial charge in [-0.15, -0.1) is 0 Å². The average Bonchev–Trinajstić information content (AvgIpc) is 3.14. The standard InChI is InChI=1S/C22H17Cl2N5O3/c1-22(2,3)28-11-26-16-5-4-13(8-18(16)28)32-21-14(23)6-12(7-15(21)24)29-20(31)9-19(30)17(10-25)27-29/h4-8,11H,9H2,1-3H3. The summed E-state index contributed by atoms with van der Waals surface area (Å²) in [4.78, 5) is 28.3. The van der Waals surface area contributed by atoms with Crippen LogP contribution in [0.5, 0.6) is 11.5 Å². The molecular formula is C22H17Cl2N5O3. The normalized spacial score (nSPS) is 14.5. The zero-order valence-corrected chi connectivity index (χ0v) is 18.9. The predicted molar refractivity (Wildman–Crippen MR) is 121 cm³/mol. The first kappa shape index (κ1) is 21.8. The van der Waals surface area contributed by atoms with Gasteiger partial charge in [0.05, 0.1) is 39.5 Å². The van der Waals surface area contributed by atoms with Crippen molar-refractivity contribution in [1.82, 2.24) is 9.55 Å². The van der Waals surface area contributed by atoms with Crippen molar-refractivity contribution in [1.29, 1.82) is 5.26 Å². The number of Topliss-reactive ketones (excluding diaryl/α,β-unsaturated/α-hetero) is 1. The summed E-state index contributed by atoms with van der Waals surface area (Å²) in [6.07, 6.45) is 1.32. The number of carbonyl (C=O) groups excluding carboxylic acids is 2. The highest BCUT2D eigenvalue weighted by molar-refractivity contribution is 6.50. The van der Waals surface area contributed by atoms with Crippen LogP contribution in [0, 0.1) is 11.3 Å². The Morgan fingerprint density at radius 2 is 1.81 bits per heavy atom. The molecule has 10 heteroatoms. The number of nitriles is 1. The van der Waals surface area contributed by atoms with Crippen molar-refractivity contribution in [3.63, 3.8) is 0 Å². The Morgan fingerprint density at radius 3 is 2.44 bits per heavy atom. The minimum atomic E-state index is -0.629. The van der Waals surface area contributed by atoms with E-state index in [9.17, 15) is 9.59 Å². The number of imidazole rings is 1. The molecule has 3 aromatic rings. The third-order valence-corrected chi connectivity index (χ3v) is 5.37. The molecule has 0 radical (unpaired) electrons. The fraction of sp³-hybridized carbons (Fsp3) is 0.227. The van der Waals surface area contributed by atoms with E-state index in [-0.39, 0.29) is 32.7 Å². The molecule has 2 aromatic carbocycles. The van der Waals surface area contributed by atoms with Crippen LogP contribution in [0.3, 0.4) is 0 Å². The number of fused-ring (bicyclic) bond motifs is 1. The van der Waals surface area contributed by atoms with Gasteiger partial charge in [0.1, 0.15) is 11.8 Å². The maximum absolute atomic E-state index is 12.2. The number of carbonyl (C=O) groups is 2. The van der Waals surface area contributed by atoms with E-state index in [1.807, 2.05) is 16.7 Å². The Bertz CT molecular complexity index is 1320. The van der Waals surface area contributed by atoms with E-state index in [4.69, 9.17) is 33.2 Å². The number of hydrogen-bond acceptors (Lipinski definition) is 6. The number of halogens is 2. The van der Waals surface area contributed by atoms with Gasteiger partial charge in [-0.25, -0.2) is 4.98 Å². The number of benzene rings is 2. The summed E-state index contributed by atoms with van der Waals surface area (Å²) in [5.74, 6) is -0.515. The van der Waals surface area contributed by atoms with E-state index in [1.54, 1.807) is 18.5 Å². The molecule has 0 spiro atoms. The molecule has 0 N–H and O–H groups in total. The summed E-state index contributed by atoms with van der Waals surface area (Å²) in [6.45, 7) is 6.22. The maximum atomic E-state index is 12.2. The molecule has 1 amide bonds. The third-order valence-electron chi connectivity index (χ3n) is 4.81. The van der Waals surface area contributed by atoms with Crippen LogP contribution >= 0.6 is 23.2 Å². The maximum Gasteiger partial charge on any atom is 0.255 e. The molecule has 0 unspecified atom stereocenters. The minimum Gasteiger partial charge on any atom is -0.454 e. The van der Waals surface area contributed by atoms with E-state index in [0.717, 1.165) is 16.0 Å². The number of hydrazone groups is 1. The Morgan fingerprint density at radius 1 is 1.12 bits per heavy atom. The van der Waals surface area contributed by atoms with Gasteiger partial charge in [-0.3, -0.25) is 9.59 Å². The molecule has 1 aliphatic rings. The third kappa shape index (κ3) is 3.93. The summed E-state index contributed by atoms with van der Waals surface area (Å²) in [6, 6.07) is 10.00. The lowest BCUT2D eigenvalue weighted by Gasteiger charge is -2.22.